The average Bonchev–Trinajstić information content (AvgIpc) is 3.26. The average molecular weight is 423 g/mol. The van der Waals surface area contributed by atoms with E-state index in [-0.39, 0.29) is 17.7 Å². The number of piperidine rings is 1. The van der Waals surface area contributed by atoms with Crippen LogP contribution in [0.3, 0.4) is 0 Å². The number of amides is 2. The Bertz CT molecular complexity index is 1060. The number of halogens is 1. The molecule has 1 N–H and O–H groups in total. The monoisotopic (exact) mass is 422 g/mol. The topological polar surface area (TPSA) is 67.2 Å². The van der Waals surface area contributed by atoms with Gasteiger partial charge in [-0.1, -0.05) is 17.7 Å². The number of anilines is 1. The number of hydrogen-bond donors (Lipinski definition) is 1. The maximum absolute atomic E-state index is 13.1. The Morgan fingerprint density at radius 2 is 1.93 bits per heavy atom. The highest BCUT2D eigenvalue weighted by atomic mass is 35.5. The van der Waals surface area contributed by atoms with Gasteiger partial charge in [0.05, 0.1) is 11.9 Å². The number of aryl methyl sites for hydroxylation is 1. The number of likely N-dealkylation sites (tertiary alicyclic amines) is 1. The van der Waals surface area contributed by atoms with Crippen molar-refractivity contribution in [3.63, 3.8) is 0 Å². The largest absolute Gasteiger partial charge is 0.337 e. The molecule has 0 spiro atoms. The van der Waals surface area contributed by atoms with Crippen LogP contribution in [0.15, 0.2) is 61.1 Å². The molecule has 3 heterocycles. The Labute approximate surface area is 180 Å². The molecule has 2 amide bonds. The van der Waals surface area contributed by atoms with E-state index in [4.69, 9.17) is 11.6 Å². The summed E-state index contributed by atoms with van der Waals surface area (Å²) in [6.07, 6.45) is 6.55. The molecular weight excluding hydrogens is 400 g/mol. The van der Waals surface area contributed by atoms with Gasteiger partial charge in [-0.25, -0.2) is 0 Å². The Morgan fingerprint density at radius 3 is 2.67 bits per heavy atom. The fraction of sp³-hybridized carbons (Fsp3) is 0.261. The first-order valence-electron chi connectivity index (χ1n) is 9.97. The fourth-order valence-electron chi connectivity index (χ4n) is 3.75. The normalized spacial score (nSPS) is 14.5. The molecule has 1 aromatic carbocycles. The van der Waals surface area contributed by atoms with E-state index in [1.807, 2.05) is 52.9 Å². The van der Waals surface area contributed by atoms with Gasteiger partial charge in [-0.3, -0.25) is 14.6 Å². The van der Waals surface area contributed by atoms with Gasteiger partial charge in [-0.15, -0.1) is 0 Å². The maximum atomic E-state index is 13.1. The molecule has 2 aromatic heterocycles. The Hall–Kier alpha value is -3.12. The Kier molecular flexibility index (Phi) is 5.86. The molecule has 1 saturated heterocycles. The van der Waals surface area contributed by atoms with Gasteiger partial charge >= 0.3 is 0 Å². The first-order chi connectivity index (χ1) is 14.5. The quantitative estimate of drug-likeness (QED) is 0.680. The van der Waals surface area contributed by atoms with Gasteiger partial charge < -0.3 is 14.8 Å². The summed E-state index contributed by atoms with van der Waals surface area (Å²) >= 11 is 6.04. The van der Waals surface area contributed by atoms with Crippen LogP contribution in [0.4, 0.5) is 5.69 Å². The number of pyridine rings is 1. The van der Waals surface area contributed by atoms with Crippen molar-refractivity contribution in [1.82, 2.24) is 14.5 Å². The van der Waals surface area contributed by atoms with Crippen molar-refractivity contribution in [2.24, 2.45) is 5.92 Å². The minimum Gasteiger partial charge on any atom is -0.337 e. The van der Waals surface area contributed by atoms with Crippen molar-refractivity contribution >= 4 is 29.1 Å². The molecule has 0 radical (unpaired) electrons. The number of aromatic nitrogens is 2. The van der Waals surface area contributed by atoms with Gasteiger partial charge in [0.1, 0.15) is 5.69 Å². The minimum atomic E-state index is -0.127. The third-order valence-electron chi connectivity index (χ3n) is 5.50. The summed E-state index contributed by atoms with van der Waals surface area (Å²) in [5, 5.41) is 3.58. The molecule has 30 heavy (non-hydrogen) atoms. The van der Waals surface area contributed by atoms with Crippen LogP contribution in [0, 0.1) is 12.8 Å². The third kappa shape index (κ3) is 4.24. The molecule has 6 nitrogen and oxygen atoms in total. The lowest BCUT2D eigenvalue weighted by Gasteiger charge is -2.31. The highest BCUT2D eigenvalue weighted by Gasteiger charge is 2.29. The lowest BCUT2D eigenvalue weighted by molar-refractivity contribution is -0.121. The van der Waals surface area contributed by atoms with E-state index in [9.17, 15) is 9.59 Å². The van der Waals surface area contributed by atoms with Crippen LogP contribution in [0.1, 0.15) is 28.9 Å². The molecule has 1 aliphatic heterocycles. The van der Waals surface area contributed by atoms with E-state index < -0.39 is 0 Å². The minimum absolute atomic E-state index is 0.0220. The van der Waals surface area contributed by atoms with E-state index in [0.717, 1.165) is 16.9 Å². The van der Waals surface area contributed by atoms with Gasteiger partial charge in [0.2, 0.25) is 5.91 Å². The molecule has 1 fully saturated rings. The van der Waals surface area contributed by atoms with E-state index in [1.165, 1.54) is 0 Å². The van der Waals surface area contributed by atoms with Gasteiger partial charge in [0.25, 0.3) is 5.91 Å². The highest BCUT2D eigenvalue weighted by Crippen LogP contribution is 2.25. The second-order valence-corrected chi connectivity index (χ2v) is 7.93. The molecule has 4 rings (SSSR count). The van der Waals surface area contributed by atoms with Crippen molar-refractivity contribution in [2.45, 2.75) is 19.8 Å². The molecule has 7 heteroatoms. The standard InChI is InChI=1S/C23H23ClN4O2/c1-16-6-7-18(24)14-20(16)26-22(29)17-8-12-27(13-9-17)23(30)21-5-3-11-28(21)19-4-2-10-25-15-19/h2-7,10-11,14-15,17H,8-9,12-13H2,1H3,(H,26,29). The van der Waals surface area contributed by atoms with Crippen LogP contribution in [0.25, 0.3) is 5.69 Å². The zero-order chi connectivity index (χ0) is 21.1. The highest BCUT2D eigenvalue weighted by molar-refractivity contribution is 6.31. The number of carbonyl (C=O) groups excluding carboxylic acids is 2. The summed E-state index contributed by atoms with van der Waals surface area (Å²) in [6, 6.07) is 12.9. The number of nitrogens with zero attached hydrogens (tertiary/aromatic N) is 3. The predicted molar refractivity (Wildman–Crippen MR) is 117 cm³/mol. The van der Waals surface area contributed by atoms with E-state index in [2.05, 4.69) is 10.3 Å². The Balaban J connectivity index is 1.39. The molecule has 154 valence electrons. The van der Waals surface area contributed by atoms with Crippen molar-refractivity contribution < 1.29 is 9.59 Å². The molecule has 1 aliphatic rings. The van der Waals surface area contributed by atoms with Crippen LogP contribution in [0.5, 0.6) is 0 Å². The van der Waals surface area contributed by atoms with Crippen molar-refractivity contribution in [2.75, 3.05) is 18.4 Å². The molecule has 0 unspecified atom stereocenters. The van der Waals surface area contributed by atoms with Crippen molar-refractivity contribution in [3.05, 3.63) is 77.3 Å². The van der Waals surface area contributed by atoms with Crippen molar-refractivity contribution in [3.8, 4) is 5.69 Å². The third-order valence-corrected chi connectivity index (χ3v) is 5.74. The van der Waals surface area contributed by atoms with E-state index in [1.54, 1.807) is 24.5 Å². The first-order valence-corrected chi connectivity index (χ1v) is 10.3. The van der Waals surface area contributed by atoms with E-state index >= 15 is 0 Å². The second-order valence-electron chi connectivity index (χ2n) is 7.49. The number of rotatable bonds is 4. The summed E-state index contributed by atoms with van der Waals surface area (Å²) in [4.78, 5) is 31.7. The number of benzene rings is 1. The second kappa shape index (κ2) is 8.71. The zero-order valence-corrected chi connectivity index (χ0v) is 17.5. The first kappa shape index (κ1) is 20.2. The van der Waals surface area contributed by atoms with E-state index in [0.29, 0.717) is 36.6 Å². The molecule has 0 bridgehead atoms. The van der Waals surface area contributed by atoms with Gasteiger partial charge in [0, 0.05) is 42.1 Å². The molecule has 0 saturated carbocycles. The lowest BCUT2D eigenvalue weighted by Crippen LogP contribution is -2.42. The van der Waals surface area contributed by atoms with Crippen LogP contribution >= 0.6 is 11.6 Å². The summed E-state index contributed by atoms with van der Waals surface area (Å²) in [5.41, 5.74) is 3.15. The smallest absolute Gasteiger partial charge is 0.270 e. The number of hydrogen-bond acceptors (Lipinski definition) is 3. The molecule has 0 aliphatic carbocycles. The predicted octanol–water partition coefficient (Wildman–Crippen LogP) is 4.33. The molecular formula is C23H23ClN4O2. The van der Waals surface area contributed by atoms with Crippen LogP contribution in [-0.2, 0) is 4.79 Å². The maximum Gasteiger partial charge on any atom is 0.270 e. The molecule has 3 aromatic rings. The molecule has 0 atom stereocenters. The fourth-order valence-corrected chi connectivity index (χ4v) is 3.92. The summed E-state index contributed by atoms with van der Waals surface area (Å²) in [7, 11) is 0. The van der Waals surface area contributed by atoms with Crippen molar-refractivity contribution in [1.29, 1.82) is 0 Å². The Morgan fingerprint density at radius 1 is 1.13 bits per heavy atom. The van der Waals surface area contributed by atoms with Gasteiger partial charge in [-0.2, -0.15) is 0 Å². The summed E-state index contributed by atoms with van der Waals surface area (Å²) in [6.45, 7) is 3.03. The van der Waals surface area contributed by atoms with Crippen LogP contribution in [0.2, 0.25) is 5.02 Å². The van der Waals surface area contributed by atoms with Gasteiger partial charge in [-0.05, 0) is 61.7 Å². The number of carbonyl (C=O) groups is 2. The zero-order valence-electron chi connectivity index (χ0n) is 16.7. The summed E-state index contributed by atoms with van der Waals surface area (Å²) in [5.74, 6) is -0.183. The number of nitrogens with one attached hydrogen (secondary N) is 1. The van der Waals surface area contributed by atoms with Gasteiger partial charge in [0.15, 0.2) is 0 Å². The van der Waals surface area contributed by atoms with Crippen LogP contribution < -0.4 is 5.32 Å². The van der Waals surface area contributed by atoms with Crippen LogP contribution in [-0.4, -0.2) is 39.4 Å². The lowest BCUT2D eigenvalue weighted by atomic mass is 9.95. The SMILES string of the molecule is Cc1ccc(Cl)cc1NC(=O)C1CCN(C(=O)c2cccn2-c2cccnc2)CC1. The summed E-state index contributed by atoms with van der Waals surface area (Å²) < 4.78 is 1.84.